The molecule has 1 aliphatic rings. The lowest BCUT2D eigenvalue weighted by Gasteiger charge is -2.29. The van der Waals surface area contributed by atoms with Crippen LogP contribution in [-0.4, -0.2) is 37.0 Å². The molecule has 0 bridgehead atoms. The second-order valence-corrected chi connectivity index (χ2v) is 4.42. The Bertz CT molecular complexity index is 343. The second-order valence-electron chi connectivity index (χ2n) is 4.42. The molecular formula is C15H24N2O. The van der Waals surface area contributed by atoms with Crippen molar-refractivity contribution in [1.29, 1.82) is 0 Å². The smallest absolute Gasteiger partial charge is 0.251 e. The van der Waals surface area contributed by atoms with Crippen molar-refractivity contribution in [3.8, 4) is 0 Å². The minimum absolute atomic E-state index is 0.0511. The molecule has 1 aromatic rings. The highest BCUT2D eigenvalue weighted by atomic mass is 16.1. The van der Waals surface area contributed by atoms with Crippen LogP contribution in [0.15, 0.2) is 30.3 Å². The van der Waals surface area contributed by atoms with Gasteiger partial charge in [-0.3, -0.25) is 4.79 Å². The molecule has 0 radical (unpaired) electrons. The first-order valence-corrected chi connectivity index (χ1v) is 6.80. The number of rotatable bonds is 2. The largest absolute Gasteiger partial charge is 0.349 e. The standard InChI is InChI=1S/C13H18N2O.C2H6/c1-15-9-7-12(8-10-15)14-13(16)11-5-3-2-4-6-11;1-2/h2-6,12H,7-10H2,1H3,(H,14,16);1-2H3. The summed E-state index contributed by atoms with van der Waals surface area (Å²) in [5.41, 5.74) is 0.751. The molecule has 1 heterocycles. The van der Waals surface area contributed by atoms with Gasteiger partial charge in [0.2, 0.25) is 0 Å². The van der Waals surface area contributed by atoms with Crippen molar-refractivity contribution in [1.82, 2.24) is 10.2 Å². The molecule has 0 unspecified atom stereocenters. The van der Waals surface area contributed by atoms with E-state index in [1.165, 1.54) is 0 Å². The number of nitrogens with one attached hydrogen (secondary N) is 1. The molecule has 0 aromatic heterocycles. The van der Waals surface area contributed by atoms with Gasteiger partial charge in [-0.05, 0) is 45.1 Å². The zero-order valence-electron chi connectivity index (χ0n) is 11.6. The lowest BCUT2D eigenvalue weighted by molar-refractivity contribution is 0.0917. The highest BCUT2D eigenvalue weighted by Gasteiger charge is 2.18. The maximum atomic E-state index is 11.9. The monoisotopic (exact) mass is 248 g/mol. The van der Waals surface area contributed by atoms with E-state index in [4.69, 9.17) is 0 Å². The molecular weight excluding hydrogens is 224 g/mol. The van der Waals surface area contributed by atoms with Crippen molar-refractivity contribution in [2.75, 3.05) is 20.1 Å². The Balaban J connectivity index is 0.000000771. The van der Waals surface area contributed by atoms with E-state index in [1.54, 1.807) is 0 Å². The molecule has 0 saturated carbocycles. The third kappa shape index (κ3) is 4.49. The first-order valence-electron chi connectivity index (χ1n) is 6.80. The van der Waals surface area contributed by atoms with Crippen LogP contribution in [0.4, 0.5) is 0 Å². The number of carbonyl (C=O) groups is 1. The normalized spacial score (nSPS) is 16.6. The predicted octanol–water partition coefficient (Wildman–Crippen LogP) is 2.54. The van der Waals surface area contributed by atoms with Crippen molar-refractivity contribution in [3.63, 3.8) is 0 Å². The zero-order chi connectivity index (χ0) is 13.4. The summed E-state index contributed by atoms with van der Waals surface area (Å²) in [7, 11) is 2.12. The van der Waals surface area contributed by atoms with Gasteiger partial charge in [-0.15, -0.1) is 0 Å². The van der Waals surface area contributed by atoms with Gasteiger partial charge in [0.15, 0.2) is 0 Å². The summed E-state index contributed by atoms with van der Waals surface area (Å²) in [5.74, 6) is 0.0511. The maximum absolute atomic E-state index is 11.9. The Kier molecular flexibility index (Phi) is 6.44. The van der Waals surface area contributed by atoms with Crippen LogP contribution in [0.3, 0.4) is 0 Å². The average molecular weight is 248 g/mol. The van der Waals surface area contributed by atoms with E-state index in [2.05, 4.69) is 17.3 Å². The molecule has 1 saturated heterocycles. The van der Waals surface area contributed by atoms with E-state index < -0.39 is 0 Å². The van der Waals surface area contributed by atoms with Crippen LogP contribution >= 0.6 is 0 Å². The van der Waals surface area contributed by atoms with Crippen molar-refractivity contribution >= 4 is 5.91 Å². The lowest BCUT2D eigenvalue weighted by Crippen LogP contribution is -2.43. The Morgan fingerprint density at radius 1 is 1.17 bits per heavy atom. The molecule has 18 heavy (non-hydrogen) atoms. The van der Waals surface area contributed by atoms with Crippen molar-refractivity contribution < 1.29 is 4.79 Å². The molecule has 1 fully saturated rings. The summed E-state index contributed by atoms with van der Waals surface area (Å²) in [6.07, 6.45) is 2.10. The predicted molar refractivity (Wildman–Crippen MR) is 75.8 cm³/mol. The number of hydrogen-bond acceptors (Lipinski definition) is 2. The first-order chi connectivity index (χ1) is 8.75. The Hall–Kier alpha value is -1.35. The lowest BCUT2D eigenvalue weighted by atomic mass is 10.0. The average Bonchev–Trinajstić information content (AvgIpc) is 2.44. The van der Waals surface area contributed by atoms with Gasteiger partial charge in [0.1, 0.15) is 0 Å². The summed E-state index contributed by atoms with van der Waals surface area (Å²) in [5, 5.41) is 3.09. The van der Waals surface area contributed by atoms with Gasteiger partial charge in [0, 0.05) is 11.6 Å². The highest BCUT2D eigenvalue weighted by Crippen LogP contribution is 2.09. The minimum atomic E-state index is 0.0511. The number of hydrogen-bond donors (Lipinski definition) is 1. The van der Waals surface area contributed by atoms with E-state index in [9.17, 15) is 4.79 Å². The second kappa shape index (κ2) is 7.88. The molecule has 1 aliphatic heterocycles. The third-order valence-electron chi connectivity index (χ3n) is 3.09. The first kappa shape index (κ1) is 14.7. The fourth-order valence-electron chi connectivity index (χ4n) is 2.01. The van der Waals surface area contributed by atoms with Crippen molar-refractivity contribution in [2.24, 2.45) is 0 Å². The summed E-state index contributed by atoms with van der Waals surface area (Å²) < 4.78 is 0. The van der Waals surface area contributed by atoms with Gasteiger partial charge < -0.3 is 10.2 Å². The highest BCUT2D eigenvalue weighted by molar-refractivity contribution is 5.94. The summed E-state index contributed by atoms with van der Waals surface area (Å²) in [4.78, 5) is 14.2. The molecule has 1 amide bonds. The van der Waals surface area contributed by atoms with E-state index >= 15 is 0 Å². The molecule has 3 heteroatoms. The number of likely N-dealkylation sites (tertiary alicyclic amines) is 1. The number of piperidine rings is 1. The Labute approximate surface area is 110 Å². The summed E-state index contributed by atoms with van der Waals surface area (Å²) in [6.45, 7) is 6.14. The Morgan fingerprint density at radius 3 is 2.28 bits per heavy atom. The van der Waals surface area contributed by atoms with E-state index in [-0.39, 0.29) is 5.91 Å². The molecule has 100 valence electrons. The minimum Gasteiger partial charge on any atom is -0.349 e. The Morgan fingerprint density at radius 2 is 1.72 bits per heavy atom. The molecule has 3 nitrogen and oxygen atoms in total. The van der Waals surface area contributed by atoms with Crippen LogP contribution in [-0.2, 0) is 0 Å². The summed E-state index contributed by atoms with van der Waals surface area (Å²) in [6, 6.07) is 9.75. The number of nitrogens with zero attached hydrogens (tertiary/aromatic N) is 1. The van der Waals surface area contributed by atoms with E-state index in [0.29, 0.717) is 6.04 Å². The van der Waals surface area contributed by atoms with Gasteiger partial charge >= 0.3 is 0 Å². The van der Waals surface area contributed by atoms with Crippen LogP contribution in [0.25, 0.3) is 0 Å². The van der Waals surface area contributed by atoms with Gasteiger partial charge in [-0.1, -0.05) is 32.0 Å². The van der Waals surface area contributed by atoms with Gasteiger partial charge in [-0.25, -0.2) is 0 Å². The topological polar surface area (TPSA) is 32.3 Å². The van der Waals surface area contributed by atoms with Gasteiger partial charge in [0.25, 0.3) is 5.91 Å². The number of benzene rings is 1. The van der Waals surface area contributed by atoms with E-state index in [0.717, 1.165) is 31.5 Å². The van der Waals surface area contributed by atoms with Crippen LogP contribution in [0.1, 0.15) is 37.0 Å². The summed E-state index contributed by atoms with van der Waals surface area (Å²) >= 11 is 0. The van der Waals surface area contributed by atoms with Crippen LogP contribution in [0, 0.1) is 0 Å². The SMILES string of the molecule is CC.CN1CCC(NC(=O)c2ccccc2)CC1. The van der Waals surface area contributed by atoms with Crippen molar-refractivity contribution in [2.45, 2.75) is 32.7 Å². The van der Waals surface area contributed by atoms with Gasteiger partial charge in [0.05, 0.1) is 0 Å². The number of amides is 1. The quantitative estimate of drug-likeness (QED) is 0.872. The van der Waals surface area contributed by atoms with Gasteiger partial charge in [-0.2, -0.15) is 0 Å². The van der Waals surface area contributed by atoms with Crippen LogP contribution < -0.4 is 5.32 Å². The molecule has 2 rings (SSSR count). The zero-order valence-corrected chi connectivity index (χ0v) is 11.6. The number of carbonyl (C=O) groups excluding carboxylic acids is 1. The fraction of sp³-hybridized carbons (Fsp3) is 0.533. The third-order valence-corrected chi connectivity index (χ3v) is 3.09. The molecule has 1 aromatic carbocycles. The molecule has 1 N–H and O–H groups in total. The fourth-order valence-corrected chi connectivity index (χ4v) is 2.01. The molecule has 0 aliphatic carbocycles. The van der Waals surface area contributed by atoms with E-state index in [1.807, 2.05) is 44.2 Å². The maximum Gasteiger partial charge on any atom is 0.251 e. The van der Waals surface area contributed by atoms with Crippen LogP contribution in [0.5, 0.6) is 0 Å². The molecule has 0 spiro atoms. The molecule has 0 atom stereocenters. The van der Waals surface area contributed by atoms with Crippen LogP contribution in [0.2, 0.25) is 0 Å². The van der Waals surface area contributed by atoms with Crippen molar-refractivity contribution in [3.05, 3.63) is 35.9 Å².